The molecule has 2 unspecified atom stereocenters. The summed E-state index contributed by atoms with van der Waals surface area (Å²) in [6.45, 7) is 7.49. The third-order valence-corrected chi connectivity index (χ3v) is 5.43. The first-order valence-corrected chi connectivity index (χ1v) is 8.54. The molecule has 2 heterocycles. The van der Waals surface area contributed by atoms with E-state index < -0.39 is 0 Å². The zero-order chi connectivity index (χ0) is 11.9. The number of likely N-dealkylation sites (tertiary alicyclic amines) is 1. The van der Waals surface area contributed by atoms with Gasteiger partial charge in [0, 0.05) is 6.04 Å². The van der Waals surface area contributed by atoms with E-state index in [9.17, 15) is 0 Å². The second-order valence-electron chi connectivity index (χ2n) is 5.67. The Balaban J connectivity index is 1.47. The highest BCUT2D eigenvalue weighted by molar-refractivity contribution is 7.99. The first-order chi connectivity index (χ1) is 8.36. The third kappa shape index (κ3) is 4.80. The maximum Gasteiger partial charge on any atom is 0.00669 e. The van der Waals surface area contributed by atoms with E-state index in [0.29, 0.717) is 0 Å². The average molecular weight is 256 g/mol. The minimum absolute atomic E-state index is 0.829. The summed E-state index contributed by atoms with van der Waals surface area (Å²) in [6, 6.07) is 0.829. The Hall–Kier alpha value is 0.270. The van der Waals surface area contributed by atoms with Crippen LogP contribution in [-0.4, -0.2) is 48.6 Å². The van der Waals surface area contributed by atoms with Crippen molar-refractivity contribution in [1.82, 2.24) is 10.2 Å². The van der Waals surface area contributed by atoms with Crippen molar-refractivity contribution in [2.24, 2.45) is 5.92 Å². The van der Waals surface area contributed by atoms with E-state index in [2.05, 4.69) is 28.9 Å². The van der Waals surface area contributed by atoms with Crippen LogP contribution in [-0.2, 0) is 0 Å². The fraction of sp³-hybridized carbons (Fsp3) is 1.00. The van der Waals surface area contributed by atoms with E-state index >= 15 is 0 Å². The third-order valence-electron chi connectivity index (χ3n) is 4.20. The lowest BCUT2D eigenvalue weighted by molar-refractivity contribution is 0.159. The highest BCUT2D eigenvalue weighted by Gasteiger charge is 2.17. The summed E-state index contributed by atoms with van der Waals surface area (Å²) < 4.78 is 0. The molecule has 3 heteroatoms. The number of hydrogen-bond acceptors (Lipinski definition) is 3. The van der Waals surface area contributed by atoms with Gasteiger partial charge >= 0.3 is 0 Å². The smallest absolute Gasteiger partial charge is 0.00669 e. The molecule has 2 fully saturated rings. The van der Waals surface area contributed by atoms with Gasteiger partial charge in [0.15, 0.2) is 0 Å². The van der Waals surface area contributed by atoms with Crippen molar-refractivity contribution in [1.29, 1.82) is 0 Å². The second kappa shape index (κ2) is 7.65. The van der Waals surface area contributed by atoms with Crippen molar-refractivity contribution < 1.29 is 0 Å². The summed E-state index contributed by atoms with van der Waals surface area (Å²) in [7, 11) is 0. The molecule has 1 N–H and O–H groups in total. The van der Waals surface area contributed by atoms with Gasteiger partial charge in [0.25, 0.3) is 0 Å². The average Bonchev–Trinajstić information content (AvgIpc) is 2.84. The lowest BCUT2D eigenvalue weighted by atomic mass is 10.0. The van der Waals surface area contributed by atoms with Crippen LogP contribution in [0.4, 0.5) is 0 Å². The standard InChI is InChI=1S/C14H28N2S/c1-13-5-2-3-8-16(13)9-4-7-15-11-14-6-10-17-12-14/h13-15H,2-12H2,1H3. The first kappa shape index (κ1) is 13.7. The second-order valence-corrected chi connectivity index (χ2v) is 6.82. The summed E-state index contributed by atoms with van der Waals surface area (Å²) in [6.07, 6.45) is 7.02. The van der Waals surface area contributed by atoms with E-state index in [1.165, 1.54) is 69.8 Å². The molecule has 0 aromatic carbocycles. The van der Waals surface area contributed by atoms with Gasteiger partial charge in [-0.15, -0.1) is 0 Å². The molecule has 0 bridgehead atoms. The fourth-order valence-electron chi connectivity index (χ4n) is 2.95. The van der Waals surface area contributed by atoms with Crippen molar-refractivity contribution in [3.05, 3.63) is 0 Å². The van der Waals surface area contributed by atoms with E-state index in [1.807, 2.05) is 0 Å². The summed E-state index contributed by atoms with van der Waals surface area (Å²) in [5.74, 6) is 3.72. The van der Waals surface area contributed by atoms with Crippen LogP contribution in [0.25, 0.3) is 0 Å². The molecule has 0 spiro atoms. The van der Waals surface area contributed by atoms with Gasteiger partial charge in [0.05, 0.1) is 0 Å². The normalized spacial score (nSPS) is 30.9. The number of piperidine rings is 1. The monoisotopic (exact) mass is 256 g/mol. The van der Waals surface area contributed by atoms with Gasteiger partial charge < -0.3 is 10.2 Å². The Morgan fingerprint density at radius 3 is 3.00 bits per heavy atom. The molecule has 0 aliphatic carbocycles. The Labute approximate surface area is 111 Å². The molecular weight excluding hydrogens is 228 g/mol. The minimum atomic E-state index is 0.829. The molecule has 0 aromatic heterocycles. The maximum atomic E-state index is 3.64. The van der Waals surface area contributed by atoms with E-state index in [4.69, 9.17) is 0 Å². The maximum absolute atomic E-state index is 3.64. The van der Waals surface area contributed by atoms with Crippen LogP contribution < -0.4 is 5.32 Å². The highest BCUT2D eigenvalue weighted by Crippen LogP contribution is 2.22. The largest absolute Gasteiger partial charge is 0.316 e. The van der Waals surface area contributed by atoms with E-state index in [0.717, 1.165) is 12.0 Å². The van der Waals surface area contributed by atoms with Crippen LogP contribution in [0, 0.1) is 5.92 Å². The molecule has 17 heavy (non-hydrogen) atoms. The van der Waals surface area contributed by atoms with Crippen LogP contribution in [0.5, 0.6) is 0 Å². The zero-order valence-corrected chi connectivity index (χ0v) is 12.1. The van der Waals surface area contributed by atoms with Crippen LogP contribution in [0.3, 0.4) is 0 Å². The molecule has 0 aromatic rings. The van der Waals surface area contributed by atoms with Gasteiger partial charge in [-0.25, -0.2) is 0 Å². The molecule has 2 saturated heterocycles. The first-order valence-electron chi connectivity index (χ1n) is 7.39. The Morgan fingerprint density at radius 2 is 2.24 bits per heavy atom. The molecule has 0 radical (unpaired) electrons. The van der Waals surface area contributed by atoms with Gasteiger partial charge in [0.2, 0.25) is 0 Å². The van der Waals surface area contributed by atoms with Crippen molar-refractivity contribution in [2.75, 3.05) is 37.7 Å². The lowest BCUT2D eigenvalue weighted by Gasteiger charge is -2.33. The van der Waals surface area contributed by atoms with E-state index in [1.54, 1.807) is 0 Å². The molecule has 2 aliphatic heterocycles. The highest BCUT2D eigenvalue weighted by atomic mass is 32.2. The summed E-state index contributed by atoms with van der Waals surface area (Å²) in [4.78, 5) is 2.68. The van der Waals surface area contributed by atoms with Crippen LogP contribution >= 0.6 is 11.8 Å². The Bertz CT molecular complexity index is 204. The molecule has 2 atom stereocenters. The van der Waals surface area contributed by atoms with Gasteiger partial charge in [-0.1, -0.05) is 6.42 Å². The molecule has 0 saturated carbocycles. The molecule has 2 aliphatic rings. The SMILES string of the molecule is CC1CCCCN1CCCNCC1CCSC1. The predicted octanol–water partition coefficient (Wildman–Crippen LogP) is 2.59. The topological polar surface area (TPSA) is 15.3 Å². The van der Waals surface area contributed by atoms with Crippen LogP contribution in [0.2, 0.25) is 0 Å². The van der Waals surface area contributed by atoms with Gasteiger partial charge in [-0.2, -0.15) is 11.8 Å². The number of nitrogens with one attached hydrogen (secondary N) is 1. The zero-order valence-electron chi connectivity index (χ0n) is 11.3. The number of thioether (sulfide) groups is 1. The van der Waals surface area contributed by atoms with E-state index in [-0.39, 0.29) is 0 Å². The van der Waals surface area contributed by atoms with Crippen molar-refractivity contribution in [3.8, 4) is 0 Å². The number of hydrogen-bond donors (Lipinski definition) is 1. The van der Waals surface area contributed by atoms with Crippen LogP contribution in [0.15, 0.2) is 0 Å². The van der Waals surface area contributed by atoms with Gasteiger partial charge in [-0.3, -0.25) is 0 Å². The van der Waals surface area contributed by atoms with Crippen LogP contribution in [0.1, 0.15) is 39.0 Å². The lowest BCUT2D eigenvalue weighted by Crippen LogP contribution is -2.39. The van der Waals surface area contributed by atoms with Gasteiger partial charge in [-0.05, 0) is 76.2 Å². The van der Waals surface area contributed by atoms with Crippen molar-refractivity contribution in [2.45, 2.75) is 45.1 Å². The summed E-state index contributed by atoms with van der Waals surface area (Å²) in [5.41, 5.74) is 0. The number of nitrogens with zero attached hydrogens (tertiary/aromatic N) is 1. The molecular formula is C14H28N2S. The molecule has 0 amide bonds. The minimum Gasteiger partial charge on any atom is -0.316 e. The number of rotatable bonds is 6. The summed E-state index contributed by atoms with van der Waals surface area (Å²) >= 11 is 2.12. The van der Waals surface area contributed by atoms with Crippen molar-refractivity contribution in [3.63, 3.8) is 0 Å². The molecule has 2 rings (SSSR count). The molecule has 100 valence electrons. The molecule has 2 nitrogen and oxygen atoms in total. The Kier molecular flexibility index (Phi) is 6.16. The summed E-state index contributed by atoms with van der Waals surface area (Å²) in [5, 5.41) is 3.64. The van der Waals surface area contributed by atoms with Gasteiger partial charge in [0.1, 0.15) is 0 Å². The quantitative estimate of drug-likeness (QED) is 0.736. The van der Waals surface area contributed by atoms with Crippen molar-refractivity contribution >= 4 is 11.8 Å². The predicted molar refractivity (Wildman–Crippen MR) is 77.8 cm³/mol. The Morgan fingerprint density at radius 1 is 1.29 bits per heavy atom. The fourth-order valence-corrected chi connectivity index (χ4v) is 4.23.